The average molecular weight is 297 g/mol. The summed E-state index contributed by atoms with van der Waals surface area (Å²) < 4.78 is 0. The number of nitrogens with zero attached hydrogens (tertiary/aromatic N) is 1. The van der Waals surface area contributed by atoms with E-state index < -0.39 is 0 Å². The lowest BCUT2D eigenvalue weighted by Gasteiger charge is -2.44. The fourth-order valence-corrected chi connectivity index (χ4v) is 3.63. The van der Waals surface area contributed by atoms with E-state index in [1.807, 2.05) is 0 Å². The summed E-state index contributed by atoms with van der Waals surface area (Å²) in [6.07, 6.45) is 6.92. The molecule has 0 aromatic rings. The van der Waals surface area contributed by atoms with Gasteiger partial charge in [-0.15, -0.1) is 0 Å². The molecule has 2 nitrogen and oxygen atoms in total. The van der Waals surface area contributed by atoms with Gasteiger partial charge in [0.1, 0.15) is 0 Å². The maximum absolute atomic E-state index is 3.77. The second-order valence-electron chi connectivity index (χ2n) is 8.27. The molecule has 1 N–H and O–H groups in total. The Kier molecular flexibility index (Phi) is 8.26. The van der Waals surface area contributed by atoms with E-state index >= 15 is 0 Å². The van der Waals surface area contributed by atoms with Crippen LogP contribution in [-0.4, -0.2) is 37.1 Å². The van der Waals surface area contributed by atoms with E-state index in [4.69, 9.17) is 0 Å². The molecule has 0 saturated heterocycles. The Balaban J connectivity index is 2.66. The predicted molar refractivity (Wildman–Crippen MR) is 94.8 cm³/mol. The topological polar surface area (TPSA) is 15.3 Å². The fourth-order valence-electron chi connectivity index (χ4n) is 3.63. The molecule has 0 radical (unpaired) electrons. The van der Waals surface area contributed by atoms with Crippen molar-refractivity contribution in [1.82, 2.24) is 10.2 Å². The number of hydrogen-bond donors (Lipinski definition) is 1. The van der Waals surface area contributed by atoms with Crippen LogP contribution in [0, 0.1) is 17.3 Å². The van der Waals surface area contributed by atoms with Crippen molar-refractivity contribution in [2.45, 2.75) is 79.7 Å². The smallest absolute Gasteiger partial charge is 0.00528 e. The van der Waals surface area contributed by atoms with Gasteiger partial charge < -0.3 is 10.2 Å². The lowest BCUT2D eigenvalue weighted by molar-refractivity contribution is 0.0699. The zero-order chi connectivity index (χ0) is 15.9. The zero-order valence-corrected chi connectivity index (χ0v) is 15.5. The van der Waals surface area contributed by atoms with Crippen molar-refractivity contribution in [3.8, 4) is 0 Å². The zero-order valence-electron chi connectivity index (χ0n) is 15.5. The van der Waals surface area contributed by atoms with E-state index in [-0.39, 0.29) is 0 Å². The first-order chi connectivity index (χ1) is 9.88. The first-order valence-electron chi connectivity index (χ1n) is 9.33. The molecule has 1 rings (SSSR count). The van der Waals surface area contributed by atoms with E-state index in [1.54, 1.807) is 0 Å². The molecule has 2 heteroatoms. The molecular formula is C19H40N2. The molecular weight excluding hydrogens is 256 g/mol. The van der Waals surface area contributed by atoms with Gasteiger partial charge in [-0.05, 0) is 63.5 Å². The summed E-state index contributed by atoms with van der Waals surface area (Å²) >= 11 is 0. The van der Waals surface area contributed by atoms with Crippen molar-refractivity contribution in [3.63, 3.8) is 0 Å². The Labute approximate surface area is 134 Å². The monoisotopic (exact) mass is 296 g/mol. The quantitative estimate of drug-likeness (QED) is 0.671. The SMILES string of the molecule is CCCN(CC1(CNCC(C)C)CCC(C)CC1)C(C)C. The van der Waals surface area contributed by atoms with Crippen molar-refractivity contribution in [3.05, 3.63) is 0 Å². The summed E-state index contributed by atoms with van der Waals surface area (Å²) in [6, 6.07) is 0.672. The molecule has 0 aliphatic heterocycles. The molecule has 1 saturated carbocycles. The lowest BCUT2D eigenvalue weighted by atomic mass is 9.70. The molecule has 21 heavy (non-hydrogen) atoms. The lowest BCUT2D eigenvalue weighted by Crippen LogP contribution is -2.48. The van der Waals surface area contributed by atoms with Crippen molar-refractivity contribution in [2.24, 2.45) is 17.3 Å². The van der Waals surface area contributed by atoms with E-state index in [0.717, 1.165) is 18.4 Å². The van der Waals surface area contributed by atoms with Gasteiger partial charge in [-0.3, -0.25) is 0 Å². The molecule has 126 valence electrons. The Morgan fingerprint density at radius 1 is 1.14 bits per heavy atom. The summed E-state index contributed by atoms with van der Waals surface area (Å²) in [5.41, 5.74) is 0.515. The molecule has 0 spiro atoms. The van der Waals surface area contributed by atoms with Crippen LogP contribution in [0.15, 0.2) is 0 Å². The van der Waals surface area contributed by atoms with E-state index in [2.05, 4.69) is 51.8 Å². The minimum Gasteiger partial charge on any atom is -0.316 e. The molecule has 0 atom stereocenters. The third kappa shape index (κ3) is 6.69. The van der Waals surface area contributed by atoms with E-state index in [9.17, 15) is 0 Å². The summed E-state index contributed by atoms with van der Waals surface area (Å²) in [6.45, 7) is 19.0. The normalized spacial score (nSPS) is 27.0. The Bertz CT molecular complexity index is 265. The van der Waals surface area contributed by atoms with Crippen LogP contribution in [0.2, 0.25) is 0 Å². The van der Waals surface area contributed by atoms with Crippen LogP contribution in [0.25, 0.3) is 0 Å². The predicted octanol–water partition coefficient (Wildman–Crippen LogP) is 4.55. The van der Waals surface area contributed by atoms with Gasteiger partial charge in [0, 0.05) is 19.1 Å². The largest absolute Gasteiger partial charge is 0.316 e. The van der Waals surface area contributed by atoms with E-state index in [0.29, 0.717) is 11.5 Å². The highest BCUT2D eigenvalue weighted by Crippen LogP contribution is 2.39. The molecule has 0 unspecified atom stereocenters. The Hall–Kier alpha value is -0.0800. The second kappa shape index (κ2) is 9.15. The van der Waals surface area contributed by atoms with Gasteiger partial charge >= 0.3 is 0 Å². The highest BCUT2D eigenvalue weighted by Gasteiger charge is 2.35. The summed E-state index contributed by atoms with van der Waals surface area (Å²) in [7, 11) is 0. The molecule has 0 amide bonds. The Morgan fingerprint density at radius 2 is 1.76 bits per heavy atom. The third-order valence-corrected chi connectivity index (χ3v) is 5.17. The molecule has 1 aliphatic rings. The first kappa shape index (κ1) is 19.0. The molecule has 0 aromatic heterocycles. The summed E-state index contributed by atoms with van der Waals surface area (Å²) in [5.74, 6) is 1.68. The number of rotatable bonds is 9. The second-order valence-corrected chi connectivity index (χ2v) is 8.27. The fraction of sp³-hybridized carbons (Fsp3) is 1.00. The number of hydrogen-bond acceptors (Lipinski definition) is 2. The maximum atomic E-state index is 3.77. The van der Waals surface area contributed by atoms with Crippen LogP contribution in [0.3, 0.4) is 0 Å². The minimum atomic E-state index is 0.515. The minimum absolute atomic E-state index is 0.515. The van der Waals surface area contributed by atoms with Gasteiger partial charge in [-0.25, -0.2) is 0 Å². The van der Waals surface area contributed by atoms with Gasteiger partial charge in [0.05, 0.1) is 0 Å². The highest BCUT2D eigenvalue weighted by atomic mass is 15.2. The highest BCUT2D eigenvalue weighted by molar-refractivity contribution is 4.90. The van der Waals surface area contributed by atoms with Gasteiger partial charge in [-0.1, -0.05) is 40.5 Å². The van der Waals surface area contributed by atoms with Gasteiger partial charge in [0.25, 0.3) is 0 Å². The van der Waals surface area contributed by atoms with Crippen molar-refractivity contribution >= 4 is 0 Å². The Morgan fingerprint density at radius 3 is 2.24 bits per heavy atom. The summed E-state index contributed by atoms with van der Waals surface area (Å²) in [4.78, 5) is 2.72. The standard InChI is InChI=1S/C19H40N2/c1-7-12-21(17(4)5)15-19(14-20-13-16(2)3)10-8-18(6)9-11-19/h16-18,20H,7-15H2,1-6H3. The van der Waals surface area contributed by atoms with Crippen molar-refractivity contribution in [1.29, 1.82) is 0 Å². The molecule has 0 aromatic carbocycles. The van der Waals surface area contributed by atoms with Crippen molar-refractivity contribution in [2.75, 3.05) is 26.2 Å². The number of nitrogens with one attached hydrogen (secondary N) is 1. The molecule has 1 aliphatic carbocycles. The van der Waals surface area contributed by atoms with Crippen molar-refractivity contribution < 1.29 is 0 Å². The first-order valence-corrected chi connectivity index (χ1v) is 9.33. The van der Waals surface area contributed by atoms with Crippen LogP contribution in [0.5, 0.6) is 0 Å². The summed E-state index contributed by atoms with van der Waals surface area (Å²) in [5, 5.41) is 3.77. The average Bonchev–Trinajstić information content (AvgIpc) is 2.41. The van der Waals surface area contributed by atoms with Gasteiger partial charge in [0.2, 0.25) is 0 Å². The molecule has 0 bridgehead atoms. The van der Waals surface area contributed by atoms with Crippen LogP contribution in [0.1, 0.15) is 73.6 Å². The molecule has 0 heterocycles. The van der Waals surface area contributed by atoms with Crippen LogP contribution < -0.4 is 5.32 Å². The molecule has 1 fully saturated rings. The van der Waals surface area contributed by atoms with Crippen LogP contribution in [0.4, 0.5) is 0 Å². The van der Waals surface area contributed by atoms with Gasteiger partial charge in [0.15, 0.2) is 0 Å². The van der Waals surface area contributed by atoms with Crippen LogP contribution >= 0.6 is 0 Å². The van der Waals surface area contributed by atoms with Gasteiger partial charge in [-0.2, -0.15) is 0 Å². The van der Waals surface area contributed by atoms with Crippen LogP contribution in [-0.2, 0) is 0 Å². The maximum Gasteiger partial charge on any atom is 0.00528 e. The third-order valence-electron chi connectivity index (χ3n) is 5.17. The van der Waals surface area contributed by atoms with E-state index in [1.165, 1.54) is 51.7 Å².